The summed E-state index contributed by atoms with van der Waals surface area (Å²) in [6, 6.07) is 10.3. The first-order valence-electron chi connectivity index (χ1n) is 13.8. The summed E-state index contributed by atoms with van der Waals surface area (Å²) in [6.45, 7) is 22.5. The molecule has 2 aromatic rings. The first-order chi connectivity index (χ1) is 17.3. The largest absolute Gasteiger partial charge is 0.487 e. The van der Waals surface area contributed by atoms with Crippen LogP contribution in [-0.4, -0.2) is 6.61 Å². The van der Waals surface area contributed by atoms with Gasteiger partial charge in [0.15, 0.2) is 17.4 Å². The number of rotatable bonds is 10. The fourth-order valence-corrected chi connectivity index (χ4v) is 5.44. The predicted molar refractivity (Wildman–Crippen MR) is 150 cm³/mol. The maximum absolute atomic E-state index is 15.6. The number of halogens is 4. The second-order valence-corrected chi connectivity index (χ2v) is 14.3. The SMILES string of the molecule is CCCOc1c(F)c(F)c(C(CC(C)(C)C(C)(C)C(CC(C)(C)C)c2ccccc2)C(C)(C)C)c(F)c1F. The number of hydrogen-bond donors (Lipinski definition) is 0. The Kier molecular flexibility index (Phi) is 9.82. The molecule has 0 spiro atoms. The molecule has 1 nitrogen and oxygen atoms in total. The number of hydrogen-bond acceptors (Lipinski definition) is 1. The normalized spacial score (nSPS) is 14.9. The smallest absolute Gasteiger partial charge is 0.204 e. The van der Waals surface area contributed by atoms with Crippen molar-refractivity contribution in [3.05, 3.63) is 64.7 Å². The van der Waals surface area contributed by atoms with Gasteiger partial charge in [-0.05, 0) is 58.3 Å². The standard InChI is InChI=1S/C33H48F4O/c1-12-18-38-29-27(36)25(34)24(26(35)28(29)37)23(31(5,6)7)20-32(8,9)33(10,11)22(19-30(2,3)4)21-16-14-13-15-17-21/h13-17,22-23H,12,18-20H2,1-11H3. The van der Waals surface area contributed by atoms with Gasteiger partial charge in [0, 0.05) is 5.56 Å². The van der Waals surface area contributed by atoms with Crippen LogP contribution < -0.4 is 4.74 Å². The molecule has 0 aliphatic rings. The first-order valence-corrected chi connectivity index (χ1v) is 13.8. The molecule has 0 N–H and O–H groups in total. The lowest BCUT2D eigenvalue weighted by molar-refractivity contribution is 0.0292. The summed E-state index contributed by atoms with van der Waals surface area (Å²) in [6.07, 6.45) is 1.69. The molecular formula is C33H48F4O. The van der Waals surface area contributed by atoms with Gasteiger partial charge in [-0.25, -0.2) is 8.78 Å². The highest BCUT2D eigenvalue weighted by atomic mass is 19.2. The monoisotopic (exact) mass is 536 g/mol. The molecule has 0 fully saturated rings. The fourth-order valence-electron chi connectivity index (χ4n) is 5.44. The molecule has 0 aromatic heterocycles. The average Bonchev–Trinajstić information content (AvgIpc) is 2.80. The van der Waals surface area contributed by atoms with Gasteiger partial charge in [-0.2, -0.15) is 8.78 Å². The van der Waals surface area contributed by atoms with Crippen molar-refractivity contribution in [2.45, 2.75) is 107 Å². The van der Waals surface area contributed by atoms with Gasteiger partial charge in [0.25, 0.3) is 0 Å². The van der Waals surface area contributed by atoms with Gasteiger partial charge < -0.3 is 4.74 Å². The Bertz CT molecular complexity index is 1050. The Morgan fingerprint density at radius 3 is 1.61 bits per heavy atom. The highest BCUT2D eigenvalue weighted by molar-refractivity contribution is 5.37. The minimum atomic E-state index is -1.46. The Hall–Kier alpha value is -2.04. The van der Waals surface area contributed by atoms with Crippen LogP contribution in [0.3, 0.4) is 0 Å². The van der Waals surface area contributed by atoms with E-state index in [1.54, 1.807) is 6.92 Å². The fraction of sp³-hybridized carbons (Fsp3) is 0.636. The highest BCUT2D eigenvalue weighted by Crippen LogP contribution is 2.58. The van der Waals surface area contributed by atoms with Crippen LogP contribution in [0.1, 0.15) is 118 Å². The summed E-state index contributed by atoms with van der Waals surface area (Å²) in [5.74, 6) is -7.27. The molecule has 38 heavy (non-hydrogen) atoms. The van der Waals surface area contributed by atoms with Crippen LogP contribution in [0.15, 0.2) is 30.3 Å². The molecule has 0 saturated heterocycles. The van der Waals surface area contributed by atoms with Crippen LogP contribution in [-0.2, 0) is 0 Å². The number of benzene rings is 2. The molecule has 0 radical (unpaired) electrons. The lowest BCUT2D eigenvalue weighted by Crippen LogP contribution is -2.42. The zero-order valence-electron chi connectivity index (χ0n) is 25.3. The van der Waals surface area contributed by atoms with Gasteiger partial charge in [-0.15, -0.1) is 0 Å². The maximum Gasteiger partial charge on any atom is 0.204 e. The molecule has 0 saturated carbocycles. The van der Waals surface area contributed by atoms with E-state index in [1.165, 1.54) is 5.56 Å². The van der Waals surface area contributed by atoms with E-state index in [0.717, 1.165) is 6.42 Å². The van der Waals surface area contributed by atoms with E-state index >= 15 is 17.6 Å². The lowest BCUT2D eigenvalue weighted by Gasteiger charge is -2.51. The van der Waals surface area contributed by atoms with E-state index in [0.29, 0.717) is 12.8 Å². The third-order valence-corrected chi connectivity index (χ3v) is 8.45. The Morgan fingerprint density at radius 1 is 0.684 bits per heavy atom. The molecule has 0 bridgehead atoms. The van der Waals surface area contributed by atoms with Crippen molar-refractivity contribution in [1.29, 1.82) is 0 Å². The molecule has 2 atom stereocenters. The van der Waals surface area contributed by atoms with E-state index in [2.05, 4.69) is 60.6 Å². The van der Waals surface area contributed by atoms with Crippen LogP contribution in [0.25, 0.3) is 0 Å². The third kappa shape index (κ3) is 6.93. The molecule has 2 unspecified atom stereocenters. The minimum absolute atomic E-state index is 0.0371. The predicted octanol–water partition coefficient (Wildman–Crippen LogP) is 10.8. The van der Waals surface area contributed by atoms with E-state index in [1.807, 2.05) is 39.0 Å². The maximum atomic E-state index is 15.6. The van der Waals surface area contributed by atoms with Crippen molar-refractivity contribution in [3.8, 4) is 5.75 Å². The minimum Gasteiger partial charge on any atom is -0.487 e. The van der Waals surface area contributed by atoms with Crippen LogP contribution in [0.2, 0.25) is 0 Å². The van der Waals surface area contributed by atoms with E-state index in [4.69, 9.17) is 4.74 Å². The van der Waals surface area contributed by atoms with Crippen LogP contribution in [0.5, 0.6) is 5.75 Å². The zero-order chi connectivity index (χ0) is 29.3. The quantitative estimate of drug-likeness (QED) is 0.217. The highest BCUT2D eigenvalue weighted by Gasteiger charge is 2.48. The molecule has 0 amide bonds. The Balaban J connectivity index is 2.66. The molecule has 0 aliphatic carbocycles. The van der Waals surface area contributed by atoms with Crippen LogP contribution in [0, 0.1) is 44.9 Å². The van der Waals surface area contributed by atoms with Gasteiger partial charge >= 0.3 is 0 Å². The van der Waals surface area contributed by atoms with Crippen LogP contribution in [0.4, 0.5) is 17.6 Å². The Labute approximate surface area is 228 Å². The van der Waals surface area contributed by atoms with Crippen LogP contribution >= 0.6 is 0 Å². The molecule has 2 aromatic carbocycles. The molecule has 2 rings (SSSR count). The van der Waals surface area contributed by atoms with Crippen molar-refractivity contribution in [2.24, 2.45) is 21.7 Å². The van der Waals surface area contributed by atoms with E-state index in [-0.39, 0.29) is 23.4 Å². The summed E-state index contributed by atoms with van der Waals surface area (Å²) < 4.78 is 66.3. The molecular weight excluding hydrogens is 488 g/mol. The van der Waals surface area contributed by atoms with Crippen molar-refractivity contribution in [3.63, 3.8) is 0 Å². The second-order valence-electron chi connectivity index (χ2n) is 14.3. The lowest BCUT2D eigenvalue weighted by atomic mass is 9.53. The van der Waals surface area contributed by atoms with Gasteiger partial charge in [-0.1, -0.05) is 106 Å². The van der Waals surface area contributed by atoms with Crippen molar-refractivity contribution in [1.82, 2.24) is 0 Å². The number of ether oxygens (including phenoxy) is 1. The second kappa shape index (κ2) is 11.6. The molecule has 0 heterocycles. The average molecular weight is 537 g/mol. The third-order valence-electron chi connectivity index (χ3n) is 8.45. The topological polar surface area (TPSA) is 9.23 Å². The van der Waals surface area contributed by atoms with E-state index < -0.39 is 51.3 Å². The molecule has 0 aliphatic heterocycles. The van der Waals surface area contributed by atoms with Crippen molar-refractivity contribution < 1.29 is 22.3 Å². The van der Waals surface area contributed by atoms with Gasteiger partial charge in [0.1, 0.15) is 0 Å². The first kappa shape index (κ1) is 32.2. The van der Waals surface area contributed by atoms with Gasteiger partial charge in [-0.3, -0.25) is 0 Å². The van der Waals surface area contributed by atoms with Gasteiger partial charge in [0.05, 0.1) is 6.61 Å². The summed E-state index contributed by atoms with van der Waals surface area (Å²) in [4.78, 5) is 0. The molecule has 214 valence electrons. The van der Waals surface area contributed by atoms with Gasteiger partial charge in [0.2, 0.25) is 11.6 Å². The summed E-state index contributed by atoms with van der Waals surface area (Å²) >= 11 is 0. The summed E-state index contributed by atoms with van der Waals surface area (Å²) in [7, 11) is 0. The van der Waals surface area contributed by atoms with E-state index in [9.17, 15) is 0 Å². The van der Waals surface area contributed by atoms with Crippen molar-refractivity contribution in [2.75, 3.05) is 6.61 Å². The summed E-state index contributed by atoms with van der Waals surface area (Å²) in [5, 5.41) is 0. The summed E-state index contributed by atoms with van der Waals surface area (Å²) in [5.41, 5.74) is -0.770. The molecule has 5 heteroatoms. The van der Waals surface area contributed by atoms with Crippen molar-refractivity contribution >= 4 is 0 Å². The zero-order valence-corrected chi connectivity index (χ0v) is 25.3. The Morgan fingerprint density at radius 2 is 1.18 bits per heavy atom.